The molecular formula is C24H36BBrN2O2. The topological polar surface area (TPSA) is 47.7 Å². The highest BCUT2D eigenvalue weighted by Gasteiger charge is 2.51. The van der Waals surface area contributed by atoms with Crippen LogP contribution in [0.25, 0.3) is 0 Å². The first-order valence-corrected chi connectivity index (χ1v) is 11.4. The predicted molar refractivity (Wildman–Crippen MR) is 131 cm³/mol. The monoisotopic (exact) mass is 474 g/mol. The number of nitrogens with two attached hydrogens (primary N) is 1. The number of nitrogens with zero attached hydrogens (tertiary/aromatic N) is 1. The molecule has 1 saturated heterocycles. The highest BCUT2D eigenvalue weighted by atomic mass is 79.9. The average Bonchev–Trinajstić information content (AvgIpc) is 2.90. The molecular weight excluding hydrogens is 439 g/mol. The third-order valence-corrected chi connectivity index (χ3v) is 6.23. The van der Waals surface area contributed by atoms with Crippen molar-refractivity contribution >= 4 is 28.5 Å². The Bertz CT molecular complexity index is 761. The minimum atomic E-state index is -0.277. The van der Waals surface area contributed by atoms with Gasteiger partial charge in [0.25, 0.3) is 0 Å². The van der Waals surface area contributed by atoms with E-state index in [2.05, 4.69) is 99.0 Å². The van der Waals surface area contributed by atoms with Crippen molar-refractivity contribution in [3.63, 3.8) is 0 Å². The van der Waals surface area contributed by atoms with Crippen LogP contribution in [0.1, 0.15) is 38.8 Å². The lowest BCUT2D eigenvalue weighted by molar-refractivity contribution is 0.00578. The summed E-state index contributed by atoms with van der Waals surface area (Å²) < 4.78 is 13.2. The molecule has 0 bridgehead atoms. The van der Waals surface area contributed by atoms with E-state index >= 15 is 0 Å². The molecule has 0 atom stereocenters. The maximum Gasteiger partial charge on any atom is 0.494 e. The van der Waals surface area contributed by atoms with Crippen LogP contribution in [0.15, 0.2) is 53.0 Å². The van der Waals surface area contributed by atoms with Crippen LogP contribution in [-0.4, -0.2) is 50.4 Å². The molecule has 0 aromatic heterocycles. The summed E-state index contributed by atoms with van der Waals surface area (Å²) in [5.74, 6) is 0. The third-order valence-electron chi connectivity index (χ3n) is 5.70. The van der Waals surface area contributed by atoms with Crippen molar-refractivity contribution in [2.75, 3.05) is 27.2 Å². The fraction of sp³-hybridized carbons (Fsp3) is 0.500. The smallest absolute Gasteiger partial charge is 0.399 e. The van der Waals surface area contributed by atoms with Crippen LogP contribution in [0.4, 0.5) is 0 Å². The number of rotatable bonds is 6. The molecule has 2 N–H and O–H groups in total. The Hall–Kier alpha value is -1.18. The number of hydrogen-bond acceptors (Lipinski definition) is 4. The van der Waals surface area contributed by atoms with Crippen LogP contribution in [0.2, 0.25) is 0 Å². The first-order chi connectivity index (χ1) is 14.0. The molecule has 0 aliphatic carbocycles. The average molecular weight is 475 g/mol. The molecule has 1 fully saturated rings. The van der Waals surface area contributed by atoms with Crippen LogP contribution >= 0.6 is 15.9 Å². The van der Waals surface area contributed by atoms with Crippen LogP contribution in [0.3, 0.4) is 0 Å². The van der Waals surface area contributed by atoms with Gasteiger partial charge in [-0.05, 0) is 89.9 Å². The summed E-state index contributed by atoms with van der Waals surface area (Å²) in [5, 5.41) is 0. The minimum Gasteiger partial charge on any atom is -0.399 e. The van der Waals surface area contributed by atoms with Gasteiger partial charge in [0.2, 0.25) is 0 Å². The summed E-state index contributed by atoms with van der Waals surface area (Å²) in [6.45, 7) is 10.1. The molecule has 30 heavy (non-hydrogen) atoms. The van der Waals surface area contributed by atoms with Gasteiger partial charge in [0.05, 0.1) is 11.2 Å². The lowest BCUT2D eigenvalue weighted by Crippen LogP contribution is -2.41. The van der Waals surface area contributed by atoms with Crippen LogP contribution in [-0.2, 0) is 22.2 Å². The lowest BCUT2D eigenvalue weighted by Gasteiger charge is -2.32. The molecule has 2 aromatic rings. The Labute approximate surface area is 191 Å². The Kier molecular flexibility index (Phi) is 9.13. The van der Waals surface area contributed by atoms with Crippen LogP contribution in [0, 0.1) is 0 Å². The predicted octanol–water partition coefficient (Wildman–Crippen LogP) is 4.04. The van der Waals surface area contributed by atoms with Gasteiger partial charge >= 0.3 is 7.12 Å². The van der Waals surface area contributed by atoms with Crippen molar-refractivity contribution in [2.24, 2.45) is 5.73 Å². The molecule has 6 heteroatoms. The Morgan fingerprint density at radius 1 is 0.833 bits per heavy atom. The van der Waals surface area contributed by atoms with Gasteiger partial charge in [0.1, 0.15) is 0 Å². The maximum atomic E-state index is 6.06. The van der Waals surface area contributed by atoms with Gasteiger partial charge in [0, 0.05) is 11.0 Å². The normalized spacial score (nSPS) is 17.0. The number of likely N-dealkylation sites (N-methyl/N-ethyl adjacent to an activating group) is 1. The largest absolute Gasteiger partial charge is 0.494 e. The van der Waals surface area contributed by atoms with Gasteiger partial charge in [-0.1, -0.05) is 52.3 Å². The van der Waals surface area contributed by atoms with Crippen molar-refractivity contribution in [1.29, 1.82) is 0 Å². The Balaban J connectivity index is 0.000000269. The second-order valence-corrected chi connectivity index (χ2v) is 9.96. The second kappa shape index (κ2) is 10.9. The van der Waals surface area contributed by atoms with Crippen molar-refractivity contribution in [1.82, 2.24) is 4.90 Å². The van der Waals surface area contributed by atoms with Gasteiger partial charge in [-0.25, -0.2) is 0 Å². The summed E-state index contributed by atoms with van der Waals surface area (Å²) in [5.41, 5.74) is 8.57. The molecule has 0 saturated carbocycles. The summed E-state index contributed by atoms with van der Waals surface area (Å²) in [6, 6.07) is 16.8. The highest BCUT2D eigenvalue weighted by molar-refractivity contribution is 9.10. The van der Waals surface area contributed by atoms with E-state index in [9.17, 15) is 0 Å². The summed E-state index contributed by atoms with van der Waals surface area (Å²) >= 11 is 3.37. The van der Waals surface area contributed by atoms with Crippen LogP contribution in [0.5, 0.6) is 0 Å². The molecule has 2 aromatic carbocycles. The van der Waals surface area contributed by atoms with E-state index in [1.54, 1.807) is 0 Å². The molecule has 0 radical (unpaired) electrons. The summed E-state index contributed by atoms with van der Waals surface area (Å²) in [6.07, 6.45) is 2.03. The molecule has 0 unspecified atom stereocenters. The van der Waals surface area contributed by atoms with Crippen molar-refractivity contribution in [3.05, 3.63) is 64.1 Å². The van der Waals surface area contributed by atoms with E-state index in [1.165, 1.54) is 11.1 Å². The lowest BCUT2D eigenvalue weighted by atomic mass is 9.79. The third kappa shape index (κ3) is 7.21. The number of halogens is 1. The van der Waals surface area contributed by atoms with E-state index in [4.69, 9.17) is 15.0 Å². The van der Waals surface area contributed by atoms with Gasteiger partial charge in [-0.2, -0.15) is 0 Å². The summed E-state index contributed by atoms with van der Waals surface area (Å²) in [7, 11) is 3.93. The van der Waals surface area contributed by atoms with E-state index in [1.807, 2.05) is 12.1 Å². The zero-order valence-corrected chi connectivity index (χ0v) is 20.8. The van der Waals surface area contributed by atoms with Crippen LogP contribution < -0.4 is 11.2 Å². The molecule has 0 spiro atoms. The first kappa shape index (κ1) is 25.1. The summed E-state index contributed by atoms with van der Waals surface area (Å²) in [4.78, 5) is 2.20. The maximum absolute atomic E-state index is 6.06. The fourth-order valence-electron chi connectivity index (χ4n) is 2.99. The Morgan fingerprint density at radius 3 is 1.77 bits per heavy atom. The molecule has 0 amide bonds. The van der Waals surface area contributed by atoms with Crippen molar-refractivity contribution in [3.8, 4) is 0 Å². The van der Waals surface area contributed by atoms with Gasteiger partial charge in [0.15, 0.2) is 0 Å². The molecule has 1 heterocycles. The zero-order valence-electron chi connectivity index (χ0n) is 19.2. The van der Waals surface area contributed by atoms with E-state index in [0.29, 0.717) is 0 Å². The fourth-order valence-corrected chi connectivity index (χ4v) is 3.26. The quantitative estimate of drug-likeness (QED) is 0.641. The first-order valence-electron chi connectivity index (χ1n) is 10.6. The van der Waals surface area contributed by atoms with E-state index in [0.717, 1.165) is 35.9 Å². The van der Waals surface area contributed by atoms with E-state index in [-0.39, 0.29) is 18.3 Å². The Morgan fingerprint density at radius 2 is 1.30 bits per heavy atom. The number of hydrogen-bond donors (Lipinski definition) is 1. The van der Waals surface area contributed by atoms with E-state index < -0.39 is 0 Å². The van der Waals surface area contributed by atoms with Gasteiger partial charge in [-0.3, -0.25) is 0 Å². The second-order valence-electron chi connectivity index (χ2n) is 9.05. The van der Waals surface area contributed by atoms with Gasteiger partial charge < -0.3 is 19.9 Å². The highest BCUT2D eigenvalue weighted by Crippen LogP contribution is 2.36. The van der Waals surface area contributed by atoms with Gasteiger partial charge in [-0.15, -0.1) is 0 Å². The molecule has 3 rings (SSSR count). The molecule has 1 aliphatic rings. The standard InChI is InChI=1S/C16H26BNO2.C8H10BrN/c1-15(2)16(3,4)20-17(19-15)14-9-7-13(8-10-14)11-12-18(5)6;9-8-3-1-7(2-4-8)5-6-10/h7-10H,11-12H2,1-6H3;1-4H,5-6,10H2. The van der Waals surface area contributed by atoms with Crippen molar-refractivity contribution in [2.45, 2.75) is 51.7 Å². The molecule has 4 nitrogen and oxygen atoms in total. The zero-order chi connectivity index (χ0) is 22.4. The number of benzene rings is 2. The molecule has 1 aliphatic heterocycles. The van der Waals surface area contributed by atoms with Crippen molar-refractivity contribution < 1.29 is 9.31 Å². The SMILES string of the molecule is CN(C)CCc1ccc(B2OC(C)(C)C(C)(C)O2)cc1.NCCc1ccc(Br)cc1. The minimum absolute atomic E-state index is 0.261. The molecule has 164 valence electrons.